The van der Waals surface area contributed by atoms with Gasteiger partial charge < -0.3 is 0 Å². The van der Waals surface area contributed by atoms with E-state index >= 15 is 0 Å². The Morgan fingerprint density at radius 3 is 0.796 bits per heavy atom. The van der Waals surface area contributed by atoms with E-state index < -0.39 is 0 Å². The van der Waals surface area contributed by atoms with E-state index in [-0.39, 0.29) is 0 Å². The maximum Gasteiger partial charge on any atom is 0.0715 e. The van der Waals surface area contributed by atoms with Crippen LogP contribution in [0, 0.1) is 0 Å². The molecule has 0 radical (unpaired) electrons. The molecule has 0 saturated carbocycles. The number of nitrogens with zero attached hydrogens (tertiary/aromatic N) is 7. The minimum atomic E-state index is 0.839. The van der Waals surface area contributed by atoms with E-state index in [0.29, 0.717) is 0 Å². The molecule has 54 heavy (non-hydrogen) atoms. The van der Waals surface area contributed by atoms with Gasteiger partial charge in [0.25, 0.3) is 0 Å². The molecular formula is C47H31N7. The maximum absolute atomic E-state index is 4.82. The molecule has 0 fully saturated rings. The fourth-order valence-electron chi connectivity index (χ4n) is 6.84. The lowest BCUT2D eigenvalue weighted by Crippen LogP contribution is -1.97. The normalized spacial score (nSPS) is 11.0. The molecule has 0 aliphatic carbocycles. The predicted molar refractivity (Wildman–Crippen MR) is 214 cm³/mol. The summed E-state index contributed by atoms with van der Waals surface area (Å²) in [5, 5.41) is 0. The molecule has 0 spiro atoms. The molecule has 9 aromatic rings. The highest BCUT2D eigenvalue weighted by atomic mass is 14.7. The summed E-state index contributed by atoms with van der Waals surface area (Å²) in [5.74, 6) is 0. The Kier molecular flexibility index (Phi) is 8.77. The van der Waals surface area contributed by atoms with Crippen molar-refractivity contribution >= 4 is 0 Å². The van der Waals surface area contributed by atoms with E-state index in [9.17, 15) is 0 Å². The van der Waals surface area contributed by atoms with Gasteiger partial charge in [0.15, 0.2) is 0 Å². The van der Waals surface area contributed by atoms with Crippen molar-refractivity contribution in [3.63, 3.8) is 0 Å². The molecule has 0 aliphatic rings. The first kappa shape index (κ1) is 32.4. The molecule has 0 bridgehead atoms. The van der Waals surface area contributed by atoms with Crippen molar-refractivity contribution in [2.24, 2.45) is 0 Å². The van der Waals surface area contributed by atoms with Crippen LogP contribution in [0.25, 0.3) is 89.8 Å². The predicted octanol–water partition coefficient (Wildman–Crippen LogP) is 10.8. The highest BCUT2D eigenvalue weighted by Crippen LogP contribution is 2.44. The van der Waals surface area contributed by atoms with Crippen LogP contribution in [-0.2, 0) is 0 Å². The largest absolute Gasteiger partial charge is 0.263 e. The molecule has 0 unspecified atom stereocenters. The van der Waals surface area contributed by atoms with Crippen molar-refractivity contribution in [1.82, 2.24) is 34.9 Å². The van der Waals surface area contributed by atoms with Gasteiger partial charge in [-0.1, -0.05) is 36.4 Å². The van der Waals surface area contributed by atoms with Crippen LogP contribution in [0.1, 0.15) is 0 Å². The molecule has 0 N–H and O–H groups in total. The lowest BCUT2D eigenvalue weighted by Gasteiger charge is -2.18. The van der Waals surface area contributed by atoms with E-state index in [2.05, 4.69) is 30.3 Å². The molecule has 7 heteroatoms. The van der Waals surface area contributed by atoms with Crippen LogP contribution in [0.5, 0.6) is 0 Å². The third kappa shape index (κ3) is 6.42. The lowest BCUT2D eigenvalue weighted by molar-refractivity contribution is 1.28. The Bertz CT molecular complexity index is 2370. The number of hydrogen-bond acceptors (Lipinski definition) is 7. The first-order chi connectivity index (χ1) is 26.8. The quantitative estimate of drug-likeness (QED) is 0.156. The summed E-state index contributed by atoms with van der Waals surface area (Å²) < 4.78 is 0. The number of hydrogen-bond donors (Lipinski definition) is 0. The summed E-state index contributed by atoms with van der Waals surface area (Å²) in [6.07, 6.45) is 14.7. The second-order valence-corrected chi connectivity index (χ2v) is 12.6. The average Bonchev–Trinajstić information content (AvgIpc) is 3.27. The smallest absolute Gasteiger partial charge is 0.0715 e. The van der Waals surface area contributed by atoms with E-state index in [1.54, 1.807) is 0 Å². The third-order valence-electron chi connectivity index (χ3n) is 9.29. The fourth-order valence-corrected chi connectivity index (χ4v) is 6.84. The van der Waals surface area contributed by atoms with Gasteiger partial charge >= 0.3 is 0 Å². The van der Waals surface area contributed by atoms with Gasteiger partial charge in [0.1, 0.15) is 0 Å². The minimum absolute atomic E-state index is 0.839. The lowest BCUT2D eigenvalue weighted by atomic mass is 9.87. The molecule has 7 nitrogen and oxygen atoms in total. The summed E-state index contributed by atoms with van der Waals surface area (Å²) in [6, 6.07) is 46.7. The van der Waals surface area contributed by atoms with Gasteiger partial charge in [-0.15, -0.1) is 0 Å². The molecule has 2 aromatic carbocycles. The first-order valence-corrected chi connectivity index (χ1v) is 17.6. The van der Waals surface area contributed by atoms with Crippen molar-refractivity contribution in [1.29, 1.82) is 0 Å². The Morgan fingerprint density at radius 2 is 0.537 bits per heavy atom. The second-order valence-electron chi connectivity index (χ2n) is 12.6. The zero-order chi connectivity index (χ0) is 36.1. The summed E-state index contributed by atoms with van der Waals surface area (Å²) >= 11 is 0. The van der Waals surface area contributed by atoms with Gasteiger partial charge in [0, 0.05) is 94.1 Å². The fraction of sp³-hybridized carbons (Fsp3) is 0. The van der Waals surface area contributed by atoms with Crippen LogP contribution in [0.3, 0.4) is 0 Å². The van der Waals surface area contributed by atoms with Gasteiger partial charge in [-0.2, -0.15) is 0 Å². The molecule has 7 aromatic heterocycles. The SMILES string of the molecule is c1ccc(-c2cc(-c3cncc(-c4cc(-c5ccccn5)c(-c5ccccn5)c(-c5ccccn5)c4)c3)cc(-c3ccccn3)c2-c2ccccn2)nc1. The monoisotopic (exact) mass is 693 g/mol. The zero-order valence-corrected chi connectivity index (χ0v) is 29.0. The van der Waals surface area contributed by atoms with Crippen LogP contribution in [0.15, 0.2) is 189 Å². The Balaban J connectivity index is 1.28. The molecular weight excluding hydrogens is 663 g/mol. The topological polar surface area (TPSA) is 90.2 Å². The number of benzene rings is 2. The Morgan fingerprint density at radius 1 is 0.259 bits per heavy atom. The van der Waals surface area contributed by atoms with Gasteiger partial charge in [-0.25, -0.2) is 0 Å². The van der Waals surface area contributed by atoms with Gasteiger partial charge in [-0.05, 0) is 114 Å². The third-order valence-corrected chi connectivity index (χ3v) is 9.29. The summed E-state index contributed by atoms with van der Waals surface area (Å²) in [7, 11) is 0. The molecule has 254 valence electrons. The molecule has 9 rings (SSSR count). The molecule has 7 heterocycles. The highest BCUT2D eigenvalue weighted by molar-refractivity contribution is 5.97. The van der Waals surface area contributed by atoms with Gasteiger partial charge in [0.05, 0.1) is 34.2 Å². The Hall–Kier alpha value is -7.51. The maximum atomic E-state index is 4.82. The van der Waals surface area contributed by atoms with Crippen molar-refractivity contribution in [3.8, 4) is 89.8 Å². The number of pyridine rings is 7. The van der Waals surface area contributed by atoms with Crippen molar-refractivity contribution < 1.29 is 0 Å². The van der Waals surface area contributed by atoms with Crippen LogP contribution in [0.4, 0.5) is 0 Å². The summed E-state index contributed by atoms with van der Waals surface area (Å²) in [5.41, 5.74) is 14.6. The van der Waals surface area contributed by atoms with Gasteiger partial charge in [0.2, 0.25) is 0 Å². The highest BCUT2D eigenvalue weighted by Gasteiger charge is 2.21. The summed E-state index contributed by atoms with van der Waals surface area (Å²) in [6.45, 7) is 0. The standard InChI is InChI=1S/C47H31N7/c1-7-19-49-40(13-1)36-26-32(27-37(41-14-2-8-20-50-41)46(36)44-17-5-11-23-53-44)34-25-35(31-48-30-34)33-28-38(42-15-3-9-21-51-42)47(45-18-6-12-24-54-45)39(29-33)43-16-4-10-22-52-43/h1-31H. The molecule has 0 aliphatic heterocycles. The zero-order valence-electron chi connectivity index (χ0n) is 29.0. The van der Waals surface area contributed by atoms with Crippen molar-refractivity contribution in [2.45, 2.75) is 0 Å². The van der Waals surface area contributed by atoms with Crippen LogP contribution >= 0.6 is 0 Å². The van der Waals surface area contributed by atoms with Gasteiger partial charge in [-0.3, -0.25) is 34.9 Å². The number of rotatable bonds is 8. The average molecular weight is 694 g/mol. The van der Waals surface area contributed by atoms with Crippen LogP contribution in [-0.4, -0.2) is 34.9 Å². The number of aromatic nitrogens is 7. The molecule has 0 atom stereocenters. The van der Waals surface area contributed by atoms with E-state index in [4.69, 9.17) is 34.9 Å². The van der Waals surface area contributed by atoms with E-state index in [1.165, 1.54) is 0 Å². The van der Waals surface area contributed by atoms with Crippen LogP contribution in [0.2, 0.25) is 0 Å². The van der Waals surface area contributed by atoms with Crippen molar-refractivity contribution in [3.05, 3.63) is 189 Å². The van der Waals surface area contributed by atoms with E-state index in [0.717, 1.165) is 89.8 Å². The molecule has 0 saturated heterocycles. The van der Waals surface area contributed by atoms with E-state index in [1.807, 2.05) is 159 Å². The minimum Gasteiger partial charge on any atom is -0.263 e. The second kappa shape index (κ2) is 14.6. The summed E-state index contributed by atoms with van der Waals surface area (Å²) in [4.78, 5) is 33.6. The Labute approximate surface area is 312 Å². The van der Waals surface area contributed by atoms with Crippen molar-refractivity contribution in [2.75, 3.05) is 0 Å². The first-order valence-electron chi connectivity index (χ1n) is 17.6. The van der Waals surface area contributed by atoms with Crippen LogP contribution < -0.4 is 0 Å². The molecule has 0 amide bonds.